The maximum atomic E-state index is 12.6. The van der Waals surface area contributed by atoms with E-state index in [0.29, 0.717) is 11.7 Å². The zero-order valence-corrected chi connectivity index (χ0v) is 20.3. The minimum absolute atomic E-state index is 0.171. The van der Waals surface area contributed by atoms with Crippen molar-refractivity contribution >= 4 is 40.0 Å². The topological polar surface area (TPSA) is 80.3 Å². The number of benzene rings is 3. The Morgan fingerprint density at radius 1 is 0.829 bits per heavy atom. The SMILES string of the molecule is Cc1ccc2oc(-c3ccc(NC(=S)NC(=O)c4ccc(-c5ccc(C)c(C)c5)o4)cc3)nc2c1. The van der Waals surface area contributed by atoms with Crippen molar-refractivity contribution in [1.82, 2.24) is 10.3 Å². The van der Waals surface area contributed by atoms with Gasteiger partial charge in [-0.15, -0.1) is 0 Å². The van der Waals surface area contributed by atoms with Crippen molar-refractivity contribution in [3.05, 3.63) is 95.2 Å². The second-order valence-electron chi connectivity index (χ2n) is 8.44. The summed E-state index contributed by atoms with van der Waals surface area (Å²) in [5, 5.41) is 5.84. The second-order valence-corrected chi connectivity index (χ2v) is 8.85. The quantitative estimate of drug-likeness (QED) is 0.275. The van der Waals surface area contributed by atoms with Gasteiger partial charge in [-0.2, -0.15) is 0 Å². The van der Waals surface area contributed by atoms with Gasteiger partial charge in [-0.1, -0.05) is 18.2 Å². The molecule has 0 fully saturated rings. The van der Waals surface area contributed by atoms with E-state index in [2.05, 4.69) is 22.5 Å². The van der Waals surface area contributed by atoms with Crippen molar-refractivity contribution in [1.29, 1.82) is 0 Å². The van der Waals surface area contributed by atoms with Crippen LogP contribution >= 0.6 is 12.2 Å². The molecule has 0 spiro atoms. The number of furan rings is 1. The molecule has 0 aliphatic rings. The summed E-state index contributed by atoms with van der Waals surface area (Å²) in [6.07, 6.45) is 0. The van der Waals surface area contributed by atoms with Gasteiger partial charge in [-0.25, -0.2) is 4.98 Å². The van der Waals surface area contributed by atoms with Gasteiger partial charge < -0.3 is 14.2 Å². The fourth-order valence-corrected chi connectivity index (χ4v) is 3.90. The number of anilines is 1. The van der Waals surface area contributed by atoms with Crippen LogP contribution < -0.4 is 10.6 Å². The van der Waals surface area contributed by atoms with Gasteiger partial charge in [0, 0.05) is 16.8 Å². The number of amides is 1. The zero-order chi connectivity index (χ0) is 24.5. The van der Waals surface area contributed by atoms with E-state index >= 15 is 0 Å². The Labute approximate surface area is 208 Å². The minimum Gasteiger partial charge on any atom is -0.451 e. The van der Waals surface area contributed by atoms with Crippen molar-refractivity contribution in [3.8, 4) is 22.8 Å². The van der Waals surface area contributed by atoms with Crippen LogP contribution in [0.3, 0.4) is 0 Å². The van der Waals surface area contributed by atoms with E-state index in [-0.39, 0.29) is 10.9 Å². The van der Waals surface area contributed by atoms with Crippen LogP contribution in [0.25, 0.3) is 33.9 Å². The summed E-state index contributed by atoms with van der Waals surface area (Å²) in [5.41, 5.74) is 7.54. The van der Waals surface area contributed by atoms with Crippen LogP contribution in [-0.4, -0.2) is 16.0 Å². The molecule has 35 heavy (non-hydrogen) atoms. The Morgan fingerprint density at radius 3 is 2.37 bits per heavy atom. The number of hydrogen-bond acceptors (Lipinski definition) is 5. The van der Waals surface area contributed by atoms with Crippen LogP contribution in [-0.2, 0) is 0 Å². The average Bonchev–Trinajstić information content (AvgIpc) is 3.49. The first kappa shape index (κ1) is 22.6. The third-order valence-electron chi connectivity index (χ3n) is 5.78. The molecule has 0 bridgehead atoms. The maximum absolute atomic E-state index is 12.6. The summed E-state index contributed by atoms with van der Waals surface area (Å²) >= 11 is 5.31. The van der Waals surface area contributed by atoms with Gasteiger partial charge in [0.2, 0.25) is 5.89 Å². The highest BCUT2D eigenvalue weighted by molar-refractivity contribution is 7.80. The normalized spacial score (nSPS) is 10.9. The van der Waals surface area contributed by atoms with Crippen molar-refractivity contribution in [2.75, 3.05) is 5.32 Å². The van der Waals surface area contributed by atoms with Crippen molar-refractivity contribution in [2.45, 2.75) is 20.8 Å². The molecule has 174 valence electrons. The number of thiocarbonyl (C=S) groups is 1. The molecule has 5 rings (SSSR count). The zero-order valence-electron chi connectivity index (χ0n) is 19.5. The number of aryl methyl sites for hydroxylation is 3. The van der Waals surface area contributed by atoms with Crippen molar-refractivity contribution in [2.24, 2.45) is 0 Å². The number of rotatable bonds is 4. The van der Waals surface area contributed by atoms with Gasteiger partial charge >= 0.3 is 0 Å². The third-order valence-corrected chi connectivity index (χ3v) is 5.99. The molecule has 0 unspecified atom stereocenters. The molecule has 2 heterocycles. The van der Waals surface area contributed by atoms with E-state index in [1.54, 1.807) is 12.1 Å². The Bertz CT molecular complexity index is 1560. The number of carbonyl (C=O) groups excluding carboxylic acids is 1. The Hall–Kier alpha value is -4.23. The molecular formula is C28H23N3O3S. The predicted octanol–water partition coefficient (Wildman–Crippen LogP) is 6.81. The molecule has 0 aliphatic carbocycles. The molecule has 2 N–H and O–H groups in total. The van der Waals surface area contributed by atoms with Crippen LogP contribution in [0.15, 0.2) is 81.6 Å². The average molecular weight is 482 g/mol. The Morgan fingerprint density at radius 2 is 1.60 bits per heavy atom. The van der Waals surface area contributed by atoms with Crippen molar-refractivity contribution < 1.29 is 13.6 Å². The molecule has 0 aliphatic heterocycles. The van der Waals surface area contributed by atoms with E-state index in [4.69, 9.17) is 21.1 Å². The molecule has 6 nitrogen and oxygen atoms in total. The molecule has 0 atom stereocenters. The summed E-state index contributed by atoms with van der Waals surface area (Å²) in [6.45, 7) is 6.11. The van der Waals surface area contributed by atoms with Gasteiger partial charge in [-0.05, 0) is 104 Å². The molecule has 0 radical (unpaired) electrons. The Balaban J connectivity index is 1.22. The summed E-state index contributed by atoms with van der Waals surface area (Å²) in [5.74, 6) is 0.937. The number of aromatic nitrogens is 1. The van der Waals surface area contributed by atoms with E-state index in [1.165, 1.54) is 5.56 Å². The largest absolute Gasteiger partial charge is 0.451 e. The number of fused-ring (bicyclic) bond motifs is 1. The first-order valence-electron chi connectivity index (χ1n) is 11.1. The van der Waals surface area contributed by atoms with E-state index in [1.807, 2.05) is 74.5 Å². The summed E-state index contributed by atoms with van der Waals surface area (Å²) < 4.78 is 11.6. The van der Waals surface area contributed by atoms with Gasteiger partial charge in [0.1, 0.15) is 11.3 Å². The maximum Gasteiger partial charge on any atom is 0.293 e. The molecule has 7 heteroatoms. The van der Waals surface area contributed by atoms with Crippen LogP contribution in [0.1, 0.15) is 27.2 Å². The third kappa shape index (κ3) is 4.85. The summed E-state index contributed by atoms with van der Waals surface area (Å²) in [7, 11) is 0. The predicted molar refractivity (Wildman–Crippen MR) is 141 cm³/mol. The fourth-order valence-electron chi connectivity index (χ4n) is 3.69. The van der Waals surface area contributed by atoms with Crippen LogP contribution in [0.4, 0.5) is 5.69 Å². The van der Waals surface area contributed by atoms with Gasteiger partial charge in [0.15, 0.2) is 16.5 Å². The Kier molecular flexibility index (Phi) is 5.93. The lowest BCUT2D eigenvalue weighted by Gasteiger charge is -2.09. The standard InChI is InChI=1S/C28H23N3O3S/c1-16-4-11-24-22(14-16)30-27(34-24)19-7-9-21(10-8-19)29-28(35)31-26(32)25-13-12-23(33-25)20-6-5-17(2)18(3)15-20/h4-15H,1-3H3,(H2,29,31,32,35). The second kappa shape index (κ2) is 9.19. The lowest BCUT2D eigenvalue weighted by Crippen LogP contribution is -2.33. The highest BCUT2D eigenvalue weighted by Gasteiger charge is 2.15. The van der Waals surface area contributed by atoms with E-state index < -0.39 is 5.91 Å². The summed E-state index contributed by atoms with van der Waals surface area (Å²) in [4.78, 5) is 17.2. The number of hydrogen-bond donors (Lipinski definition) is 2. The lowest BCUT2D eigenvalue weighted by atomic mass is 10.1. The molecule has 2 aromatic heterocycles. The summed E-state index contributed by atoms with van der Waals surface area (Å²) in [6, 6.07) is 22.8. The molecular weight excluding hydrogens is 458 g/mol. The first-order chi connectivity index (χ1) is 16.9. The fraction of sp³-hybridized carbons (Fsp3) is 0.107. The van der Waals surface area contributed by atoms with Gasteiger partial charge in [-0.3, -0.25) is 10.1 Å². The minimum atomic E-state index is -0.420. The molecule has 1 amide bonds. The smallest absolute Gasteiger partial charge is 0.293 e. The first-order valence-corrected chi connectivity index (χ1v) is 11.5. The van der Waals surface area contributed by atoms with Crippen molar-refractivity contribution in [3.63, 3.8) is 0 Å². The molecule has 0 saturated carbocycles. The van der Waals surface area contributed by atoms with Crippen LogP contribution in [0.2, 0.25) is 0 Å². The molecule has 0 saturated heterocycles. The van der Waals surface area contributed by atoms with E-state index in [9.17, 15) is 4.79 Å². The number of nitrogens with one attached hydrogen (secondary N) is 2. The lowest BCUT2D eigenvalue weighted by molar-refractivity contribution is 0.0951. The number of carbonyl (C=O) groups is 1. The van der Waals surface area contributed by atoms with Crippen LogP contribution in [0.5, 0.6) is 0 Å². The highest BCUT2D eigenvalue weighted by atomic mass is 32.1. The van der Waals surface area contributed by atoms with Gasteiger partial charge in [0.25, 0.3) is 5.91 Å². The number of oxazole rings is 1. The molecule has 5 aromatic rings. The highest BCUT2D eigenvalue weighted by Crippen LogP contribution is 2.26. The molecule has 3 aromatic carbocycles. The van der Waals surface area contributed by atoms with Crippen LogP contribution in [0, 0.1) is 20.8 Å². The monoisotopic (exact) mass is 481 g/mol. The van der Waals surface area contributed by atoms with Gasteiger partial charge in [0.05, 0.1) is 0 Å². The van der Waals surface area contributed by atoms with E-state index in [0.717, 1.165) is 39.0 Å². The number of nitrogens with zero attached hydrogens (tertiary/aromatic N) is 1.